The number of anilines is 2. The number of carboxylic acid groups (broad SMARTS) is 1. The Hall–Kier alpha value is -1.75. The van der Waals surface area contributed by atoms with Crippen molar-refractivity contribution in [2.24, 2.45) is 0 Å². The summed E-state index contributed by atoms with van der Waals surface area (Å²) < 4.78 is 0. The molecule has 1 saturated heterocycles. The van der Waals surface area contributed by atoms with Gasteiger partial charge in [-0.25, -0.2) is 4.79 Å². The van der Waals surface area contributed by atoms with Gasteiger partial charge in [0.05, 0.1) is 16.9 Å². The van der Waals surface area contributed by atoms with Crippen LogP contribution in [-0.2, 0) is 0 Å². The number of hydrogen-bond acceptors (Lipinski definition) is 4. The third kappa shape index (κ3) is 2.98. The molecule has 5 nitrogen and oxygen atoms in total. The van der Waals surface area contributed by atoms with Gasteiger partial charge in [-0.3, -0.25) is 0 Å². The smallest absolute Gasteiger partial charge is 0.335 e. The molecule has 0 aliphatic carbocycles. The van der Waals surface area contributed by atoms with E-state index in [9.17, 15) is 4.79 Å². The molecule has 1 aromatic rings. The Kier molecular flexibility index (Phi) is 3.95. The van der Waals surface area contributed by atoms with Crippen molar-refractivity contribution in [3.8, 4) is 0 Å². The summed E-state index contributed by atoms with van der Waals surface area (Å²) >= 11 is 0. The predicted octanol–water partition coefficient (Wildman–Crippen LogP) is 1.50. The van der Waals surface area contributed by atoms with E-state index in [1.807, 2.05) is 11.9 Å². The minimum absolute atomic E-state index is 0.274. The Morgan fingerprint density at radius 3 is 2.89 bits per heavy atom. The van der Waals surface area contributed by atoms with Crippen molar-refractivity contribution in [1.29, 1.82) is 0 Å². The summed E-state index contributed by atoms with van der Waals surface area (Å²) in [6.45, 7) is 1.99. The number of rotatable bonds is 4. The highest BCUT2D eigenvalue weighted by Crippen LogP contribution is 2.25. The van der Waals surface area contributed by atoms with Crippen molar-refractivity contribution in [3.63, 3.8) is 0 Å². The fourth-order valence-corrected chi connectivity index (χ4v) is 2.63. The second-order valence-electron chi connectivity index (χ2n) is 5.24. The predicted molar refractivity (Wildman–Crippen MR) is 76.7 cm³/mol. The molecule has 0 amide bonds. The van der Waals surface area contributed by atoms with E-state index in [1.165, 1.54) is 18.9 Å². The summed E-state index contributed by atoms with van der Waals surface area (Å²) in [6.07, 6.45) is 2.40. The van der Waals surface area contributed by atoms with E-state index >= 15 is 0 Å². The van der Waals surface area contributed by atoms with Crippen LogP contribution in [0.25, 0.3) is 0 Å². The molecule has 1 heterocycles. The zero-order chi connectivity index (χ0) is 14.0. The van der Waals surface area contributed by atoms with Crippen LogP contribution in [-0.4, -0.2) is 49.2 Å². The lowest BCUT2D eigenvalue weighted by atomic mass is 10.1. The first kappa shape index (κ1) is 13.7. The zero-order valence-corrected chi connectivity index (χ0v) is 11.5. The lowest BCUT2D eigenvalue weighted by Gasteiger charge is -2.28. The van der Waals surface area contributed by atoms with Crippen LogP contribution < -0.4 is 10.6 Å². The molecule has 1 aliphatic heterocycles. The number of aromatic carboxylic acids is 1. The molecule has 19 heavy (non-hydrogen) atoms. The van der Waals surface area contributed by atoms with E-state index in [2.05, 4.69) is 11.9 Å². The van der Waals surface area contributed by atoms with Gasteiger partial charge >= 0.3 is 5.97 Å². The Labute approximate surface area is 113 Å². The van der Waals surface area contributed by atoms with Gasteiger partial charge in [-0.2, -0.15) is 0 Å². The maximum Gasteiger partial charge on any atom is 0.335 e. The summed E-state index contributed by atoms with van der Waals surface area (Å²) in [7, 11) is 4.09. The number of nitrogens with zero attached hydrogens (tertiary/aromatic N) is 2. The molecule has 1 unspecified atom stereocenters. The van der Waals surface area contributed by atoms with Crippen molar-refractivity contribution in [1.82, 2.24) is 4.90 Å². The van der Waals surface area contributed by atoms with E-state index in [-0.39, 0.29) is 5.56 Å². The zero-order valence-electron chi connectivity index (χ0n) is 11.5. The normalized spacial score (nSPS) is 19.6. The number of likely N-dealkylation sites (tertiary alicyclic amines) is 1. The molecule has 0 spiro atoms. The average Bonchev–Trinajstić information content (AvgIpc) is 2.75. The first-order valence-electron chi connectivity index (χ1n) is 6.53. The highest BCUT2D eigenvalue weighted by Gasteiger charge is 2.23. The molecular formula is C14H21N3O2. The van der Waals surface area contributed by atoms with Crippen LogP contribution in [0.2, 0.25) is 0 Å². The van der Waals surface area contributed by atoms with Gasteiger partial charge in [0.15, 0.2) is 0 Å². The van der Waals surface area contributed by atoms with E-state index in [0.29, 0.717) is 11.7 Å². The SMILES string of the molecule is CN(CC1CCCN1C)c1cc(C(=O)O)ccc1N. The second-order valence-corrected chi connectivity index (χ2v) is 5.24. The monoisotopic (exact) mass is 263 g/mol. The quantitative estimate of drug-likeness (QED) is 0.806. The fourth-order valence-electron chi connectivity index (χ4n) is 2.63. The van der Waals surface area contributed by atoms with Crippen LogP contribution in [0.5, 0.6) is 0 Å². The van der Waals surface area contributed by atoms with Crippen molar-refractivity contribution in [3.05, 3.63) is 23.8 Å². The standard InChI is InChI=1S/C14H21N3O2/c1-16-7-3-4-11(16)9-17(2)13-8-10(14(18)19)5-6-12(13)15/h5-6,8,11H,3-4,7,9,15H2,1-2H3,(H,18,19). The molecule has 1 fully saturated rings. The first-order chi connectivity index (χ1) is 8.99. The Morgan fingerprint density at radius 1 is 1.58 bits per heavy atom. The number of benzene rings is 1. The van der Waals surface area contributed by atoms with Gasteiger partial charge in [0.25, 0.3) is 0 Å². The number of nitrogen functional groups attached to an aromatic ring is 1. The van der Waals surface area contributed by atoms with Gasteiger partial charge in [-0.1, -0.05) is 0 Å². The third-order valence-corrected chi connectivity index (χ3v) is 3.84. The molecule has 1 aliphatic rings. The van der Waals surface area contributed by atoms with Crippen molar-refractivity contribution < 1.29 is 9.90 Å². The first-order valence-corrected chi connectivity index (χ1v) is 6.53. The Morgan fingerprint density at radius 2 is 2.32 bits per heavy atom. The molecule has 0 bridgehead atoms. The third-order valence-electron chi connectivity index (χ3n) is 3.84. The van der Waals surface area contributed by atoms with Gasteiger partial charge in [-0.15, -0.1) is 0 Å². The van der Waals surface area contributed by atoms with Gasteiger partial charge in [0, 0.05) is 19.6 Å². The maximum atomic E-state index is 11.0. The molecule has 5 heteroatoms. The van der Waals surface area contributed by atoms with E-state index in [0.717, 1.165) is 18.8 Å². The summed E-state index contributed by atoms with van der Waals surface area (Å²) in [5.74, 6) is -0.923. The Balaban J connectivity index is 2.15. The minimum Gasteiger partial charge on any atom is -0.478 e. The molecule has 2 rings (SSSR count). The molecule has 1 aromatic carbocycles. The summed E-state index contributed by atoms with van der Waals surface area (Å²) in [6, 6.07) is 5.36. The molecular weight excluding hydrogens is 242 g/mol. The molecule has 0 saturated carbocycles. The van der Waals surface area contributed by atoms with E-state index < -0.39 is 5.97 Å². The van der Waals surface area contributed by atoms with Crippen LogP contribution in [0.1, 0.15) is 23.2 Å². The molecule has 104 valence electrons. The average molecular weight is 263 g/mol. The number of carbonyl (C=O) groups is 1. The van der Waals surface area contributed by atoms with Crippen molar-refractivity contribution in [2.45, 2.75) is 18.9 Å². The van der Waals surface area contributed by atoms with Gasteiger partial charge in [-0.05, 0) is 44.6 Å². The second kappa shape index (κ2) is 5.48. The molecule has 0 aromatic heterocycles. The molecule has 0 radical (unpaired) electrons. The van der Waals surface area contributed by atoms with Crippen LogP contribution in [0, 0.1) is 0 Å². The highest BCUT2D eigenvalue weighted by atomic mass is 16.4. The minimum atomic E-state index is -0.923. The van der Waals surface area contributed by atoms with Crippen LogP contribution in [0.3, 0.4) is 0 Å². The number of hydrogen-bond donors (Lipinski definition) is 2. The number of nitrogens with two attached hydrogens (primary N) is 1. The fraction of sp³-hybridized carbons (Fsp3) is 0.500. The number of carboxylic acids is 1. The molecule has 1 atom stereocenters. The largest absolute Gasteiger partial charge is 0.478 e. The summed E-state index contributed by atoms with van der Waals surface area (Å²) in [5.41, 5.74) is 7.64. The summed E-state index contributed by atoms with van der Waals surface area (Å²) in [5, 5.41) is 9.04. The van der Waals surface area contributed by atoms with Crippen molar-refractivity contribution >= 4 is 17.3 Å². The topological polar surface area (TPSA) is 69.8 Å². The van der Waals surface area contributed by atoms with Crippen LogP contribution in [0.4, 0.5) is 11.4 Å². The van der Waals surface area contributed by atoms with Gasteiger partial charge < -0.3 is 20.6 Å². The van der Waals surface area contributed by atoms with E-state index in [4.69, 9.17) is 10.8 Å². The molecule has 3 N–H and O–H groups in total. The lowest BCUT2D eigenvalue weighted by Crippen LogP contribution is -2.36. The number of likely N-dealkylation sites (N-methyl/N-ethyl adjacent to an activating group) is 2. The van der Waals surface area contributed by atoms with Crippen molar-refractivity contribution in [2.75, 3.05) is 37.8 Å². The van der Waals surface area contributed by atoms with Crippen LogP contribution >= 0.6 is 0 Å². The van der Waals surface area contributed by atoms with Gasteiger partial charge in [0.1, 0.15) is 0 Å². The summed E-state index contributed by atoms with van der Waals surface area (Å²) in [4.78, 5) is 15.4. The van der Waals surface area contributed by atoms with E-state index in [1.54, 1.807) is 12.1 Å². The maximum absolute atomic E-state index is 11.0. The lowest BCUT2D eigenvalue weighted by molar-refractivity contribution is 0.0697. The van der Waals surface area contributed by atoms with Gasteiger partial charge in [0.2, 0.25) is 0 Å². The Bertz CT molecular complexity index is 476. The van der Waals surface area contributed by atoms with Crippen LogP contribution in [0.15, 0.2) is 18.2 Å². The highest BCUT2D eigenvalue weighted by molar-refractivity contribution is 5.90.